The van der Waals surface area contributed by atoms with E-state index in [1.54, 1.807) is 0 Å². The lowest BCUT2D eigenvalue weighted by Gasteiger charge is -2.71. The predicted octanol–water partition coefficient (Wildman–Crippen LogP) is 4.21. The molecule has 2 aliphatic carbocycles. The summed E-state index contributed by atoms with van der Waals surface area (Å²) in [5.74, 6) is 0.321. The van der Waals surface area contributed by atoms with Gasteiger partial charge in [0.1, 0.15) is 0 Å². The molecule has 0 saturated heterocycles. The van der Waals surface area contributed by atoms with Gasteiger partial charge in [0.25, 0.3) is 0 Å². The minimum Gasteiger partial charge on any atom is -0.325 e. The van der Waals surface area contributed by atoms with Crippen LogP contribution in [0.15, 0.2) is 0 Å². The van der Waals surface area contributed by atoms with E-state index >= 15 is 0 Å². The lowest BCUT2D eigenvalue weighted by atomic mass is 9.31. The van der Waals surface area contributed by atoms with E-state index in [9.17, 15) is 0 Å². The maximum Gasteiger partial charge on any atom is 0.0708 e. The first-order chi connectivity index (χ1) is 8.46. The van der Waals surface area contributed by atoms with Crippen molar-refractivity contribution >= 4 is 7.85 Å². The van der Waals surface area contributed by atoms with Crippen LogP contribution in [0.1, 0.15) is 78.6 Å². The van der Waals surface area contributed by atoms with Crippen molar-refractivity contribution in [1.82, 2.24) is 0 Å². The Labute approximate surface area is 115 Å². The van der Waals surface area contributed by atoms with Crippen LogP contribution in [0.2, 0.25) is 5.82 Å². The third kappa shape index (κ3) is 1.71. The van der Waals surface area contributed by atoms with Crippen molar-refractivity contribution in [2.75, 3.05) is 0 Å². The smallest absolute Gasteiger partial charge is 0.0708 e. The highest BCUT2D eigenvalue weighted by molar-refractivity contribution is 6.13. The van der Waals surface area contributed by atoms with Crippen molar-refractivity contribution in [1.29, 1.82) is 0 Å². The summed E-state index contributed by atoms with van der Waals surface area (Å²) in [5, 5.41) is 0. The van der Waals surface area contributed by atoms with Crippen LogP contribution < -0.4 is 5.73 Å². The molecule has 2 aliphatic rings. The molecule has 18 heavy (non-hydrogen) atoms. The largest absolute Gasteiger partial charge is 0.325 e. The van der Waals surface area contributed by atoms with Crippen molar-refractivity contribution in [2.24, 2.45) is 16.6 Å². The molecule has 1 nitrogen and oxygen atoms in total. The molecule has 2 rings (SSSR count). The quantitative estimate of drug-likeness (QED) is 0.743. The van der Waals surface area contributed by atoms with E-state index in [1.165, 1.54) is 44.9 Å². The first-order valence-corrected chi connectivity index (χ1v) is 8.00. The van der Waals surface area contributed by atoms with Gasteiger partial charge in [-0.05, 0) is 36.5 Å². The lowest BCUT2D eigenvalue weighted by Crippen LogP contribution is -2.70. The maximum atomic E-state index is 6.97. The fraction of sp³-hybridized carbons (Fsp3) is 1.00. The number of rotatable bonds is 3. The molecule has 102 valence electrons. The summed E-state index contributed by atoms with van der Waals surface area (Å²) < 4.78 is 0. The highest BCUT2D eigenvalue weighted by atomic mass is 14.9. The molecule has 2 saturated carbocycles. The van der Waals surface area contributed by atoms with Crippen LogP contribution in [-0.2, 0) is 0 Å². The van der Waals surface area contributed by atoms with Gasteiger partial charge >= 0.3 is 0 Å². The van der Waals surface area contributed by atoms with Gasteiger partial charge in [-0.3, -0.25) is 0 Å². The van der Waals surface area contributed by atoms with Crippen LogP contribution in [0.3, 0.4) is 0 Å². The number of hydrogen-bond donors (Lipinski definition) is 1. The molecule has 0 spiro atoms. The Kier molecular flexibility index (Phi) is 3.89. The molecular formula is C16H30BN. The first-order valence-electron chi connectivity index (χ1n) is 8.00. The zero-order chi connectivity index (χ0) is 13.4. The van der Waals surface area contributed by atoms with E-state index < -0.39 is 0 Å². The molecule has 2 N–H and O–H groups in total. The van der Waals surface area contributed by atoms with Crippen molar-refractivity contribution in [3.8, 4) is 0 Å². The molecule has 2 heteroatoms. The van der Waals surface area contributed by atoms with E-state index in [1.807, 2.05) is 0 Å². The second-order valence-electron chi connectivity index (χ2n) is 7.16. The average molecular weight is 247 g/mol. The van der Waals surface area contributed by atoms with Gasteiger partial charge in [-0.2, -0.15) is 0 Å². The third-order valence-electron chi connectivity index (χ3n) is 6.37. The van der Waals surface area contributed by atoms with Gasteiger partial charge in [0.2, 0.25) is 0 Å². The predicted molar refractivity (Wildman–Crippen MR) is 79.9 cm³/mol. The van der Waals surface area contributed by atoms with Crippen molar-refractivity contribution in [3.63, 3.8) is 0 Å². The minimum absolute atomic E-state index is 0.0245. The van der Waals surface area contributed by atoms with Gasteiger partial charge in [-0.1, -0.05) is 58.7 Å². The Bertz CT molecular complexity index is 305. The highest BCUT2D eigenvalue weighted by Gasteiger charge is 2.66. The fourth-order valence-electron chi connectivity index (χ4n) is 5.64. The molecule has 2 radical (unpaired) electrons. The van der Waals surface area contributed by atoms with Crippen molar-refractivity contribution in [2.45, 2.75) is 89.9 Å². The molecule has 0 aliphatic heterocycles. The summed E-state index contributed by atoms with van der Waals surface area (Å²) in [6.07, 6.45) is 11.2. The third-order valence-corrected chi connectivity index (χ3v) is 6.37. The van der Waals surface area contributed by atoms with Crippen LogP contribution >= 0.6 is 0 Å². The first kappa shape index (κ1) is 14.4. The molecule has 4 atom stereocenters. The molecular weight excluding hydrogens is 217 g/mol. The van der Waals surface area contributed by atoms with Crippen molar-refractivity contribution in [3.05, 3.63) is 0 Å². The Balaban J connectivity index is 2.40. The Morgan fingerprint density at radius 2 is 1.83 bits per heavy atom. The summed E-state index contributed by atoms with van der Waals surface area (Å²) in [4.78, 5) is 0. The molecule has 0 aromatic heterocycles. The molecule has 0 aromatic rings. The fourth-order valence-corrected chi connectivity index (χ4v) is 5.64. The number of nitrogens with two attached hydrogens (primary N) is 1. The lowest BCUT2D eigenvalue weighted by molar-refractivity contribution is -0.144. The van der Waals surface area contributed by atoms with Gasteiger partial charge in [0.05, 0.1) is 7.85 Å². The molecule has 0 heterocycles. The summed E-state index contributed by atoms with van der Waals surface area (Å²) in [6, 6.07) is 0. The summed E-state index contributed by atoms with van der Waals surface area (Å²) in [7, 11) is 6.51. The second kappa shape index (κ2) is 4.85. The minimum atomic E-state index is -0.0245. The topological polar surface area (TPSA) is 26.0 Å². The zero-order valence-electron chi connectivity index (χ0n) is 12.6. The summed E-state index contributed by atoms with van der Waals surface area (Å²) >= 11 is 0. The Hall–Kier alpha value is 0.0249. The maximum absolute atomic E-state index is 6.97. The van der Waals surface area contributed by atoms with Crippen molar-refractivity contribution < 1.29 is 0 Å². The Morgan fingerprint density at radius 3 is 2.39 bits per heavy atom. The van der Waals surface area contributed by atoms with E-state index in [0.29, 0.717) is 11.2 Å². The molecule has 2 fully saturated rings. The normalized spacial score (nSPS) is 48.8. The van der Waals surface area contributed by atoms with Gasteiger partial charge < -0.3 is 5.73 Å². The van der Waals surface area contributed by atoms with Crippen LogP contribution in [0, 0.1) is 10.8 Å². The van der Waals surface area contributed by atoms with Crippen LogP contribution in [0.4, 0.5) is 0 Å². The van der Waals surface area contributed by atoms with Gasteiger partial charge in [-0.25, -0.2) is 0 Å². The molecule has 0 aromatic carbocycles. The standard InChI is InChI=1S/C16H30BN/c1-4-9-15(18)11-8-6-7-10-14(3)12-13(17)16(14,15)5-2/h13H,4-12,18H2,1-3H3. The van der Waals surface area contributed by atoms with E-state index in [-0.39, 0.29) is 11.0 Å². The molecule has 0 amide bonds. The molecule has 4 unspecified atom stereocenters. The van der Waals surface area contributed by atoms with E-state index in [0.717, 1.165) is 12.8 Å². The summed E-state index contributed by atoms with van der Waals surface area (Å²) in [5.41, 5.74) is 7.53. The average Bonchev–Trinajstić information content (AvgIpc) is 2.28. The van der Waals surface area contributed by atoms with Gasteiger partial charge in [0.15, 0.2) is 0 Å². The van der Waals surface area contributed by atoms with Gasteiger partial charge in [-0.15, -0.1) is 0 Å². The number of hydrogen-bond acceptors (Lipinski definition) is 1. The monoisotopic (exact) mass is 247 g/mol. The highest BCUT2D eigenvalue weighted by Crippen LogP contribution is 2.72. The second-order valence-corrected chi connectivity index (χ2v) is 7.16. The molecule has 0 bridgehead atoms. The van der Waals surface area contributed by atoms with Crippen LogP contribution in [0.25, 0.3) is 0 Å². The van der Waals surface area contributed by atoms with E-state index in [2.05, 4.69) is 20.8 Å². The van der Waals surface area contributed by atoms with Gasteiger partial charge in [0, 0.05) is 5.54 Å². The number of fused-ring (bicyclic) bond motifs is 1. The van der Waals surface area contributed by atoms with E-state index in [4.69, 9.17) is 13.6 Å². The Morgan fingerprint density at radius 1 is 1.17 bits per heavy atom. The van der Waals surface area contributed by atoms with Crippen LogP contribution in [0.5, 0.6) is 0 Å². The van der Waals surface area contributed by atoms with Crippen LogP contribution in [-0.4, -0.2) is 13.4 Å². The SMILES string of the molecule is [B]C1CC2(C)CCCCCC(N)(CCC)C12CC. The zero-order valence-corrected chi connectivity index (χ0v) is 12.6. The summed E-state index contributed by atoms with van der Waals surface area (Å²) in [6.45, 7) is 7.04.